The van der Waals surface area contributed by atoms with Crippen molar-refractivity contribution in [2.24, 2.45) is 0 Å². The minimum absolute atomic E-state index is 0.227. The predicted molar refractivity (Wildman–Crippen MR) is 63.5 cm³/mol. The Morgan fingerprint density at radius 2 is 2.00 bits per heavy atom. The van der Waals surface area contributed by atoms with Crippen molar-refractivity contribution in [3.63, 3.8) is 0 Å². The van der Waals surface area contributed by atoms with Gasteiger partial charge in [-0.3, -0.25) is 20.7 Å². The van der Waals surface area contributed by atoms with Crippen LogP contribution in [-0.4, -0.2) is 45.2 Å². The summed E-state index contributed by atoms with van der Waals surface area (Å²) in [5, 5.41) is 15.9. The molecular weight excluding hydrogens is 208 g/mol. The molecule has 1 atom stereocenters. The summed E-state index contributed by atoms with van der Waals surface area (Å²) in [6.07, 6.45) is 1.36. The molecule has 0 bridgehead atoms. The van der Waals surface area contributed by atoms with E-state index in [1.54, 1.807) is 21.1 Å². The molecule has 0 fully saturated rings. The third kappa shape index (κ3) is 4.26. The summed E-state index contributed by atoms with van der Waals surface area (Å²) in [5.41, 5.74) is -0.533. The molecule has 0 spiro atoms. The zero-order valence-electron chi connectivity index (χ0n) is 10.4. The molecule has 0 rings (SSSR count). The first-order valence-electron chi connectivity index (χ1n) is 5.27. The van der Waals surface area contributed by atoms with Gasteiger partial charge in [-0.15, -0.1) is 0 Å². The number of carbonyl (C=O) groups excluding carboxylic acids is 1. The van der Waals surface area contributed by atoms with E-state index in [0.717, 1.165) is 0 Å². The van der Waals surface area contributed by atoms with Gasteiger partial charge in [0, 0.05) is 0 Å². The Bertz CT molecular complexity index is 229. The molecule has 1 unspecified atom stereocenters. The monoisotopic (exact) mass is 230 g/mol. The summed E-state index contributed by atoms with van der Waals surface area (Å²) in [4.78, 5) is 11.4. The Labute approximate surface area is 96.6 Å². The van der Waals surface area contributed by atoms with Crippen molar-refractivity contribution in [2.75, 3.05) is 21.1 Å². The van der Waals surface area contributed by atoms with Gasteiger partial charge in [-0.1, -0.05) is 0 Å². The van der Waals surface area contributed by atoms with E-state index < -0.39 is 11.9 Å². The lowest BCUT2D eigenvalue weighted by atomic mass is 10.1. The van der Waals surface area contributed by atoms with Crippen LogP contribution >= 0.6 is 0 Å². The quantitative estimate of drug-likeness (QED) is 0.260. The normalized spacial score (nSPS) is 13.2. The molecule has 6 heteroatoms. The summed E-state index contributed by atoms with van der Waals surface area (Å²) < 4.78 is 5.27. The molecule has 94 valence electrons. The lowest BCUT2D eigenvalue weighted by Gasteiger charge is -2.36. The van der Waals surface area contributed by atoms with Gasteiger partial charge < -0.3 is 10.1 Å². The van der Waals surface area contributed by atoms with E-state index in [0.29, 0.717) is 6.42 Å². The van der Waals surface area contributed by atoms with E-state index in [2.05, 4.69) is 16.0 Å². The second kappa shape index (κ2) is 7.32. The molecule has 16 heavy (non-hydrogen) atoms. The number of hydrogen-bond donors (Lipinski definition) is 4. The van der Waals surface area contributed by atoms with E-state index in [1.807, 2.05) is 6.92 Å². The second-order valence-corrected chi connectivity index (χ2v) is 3.60. The topological polar surface area (TPSA) is 86.2 Å². The number of likely N-dealkylation sites (N-methyl/N-ethyl adjacent to an activating group) is 3. The third-order valence-electron chi connectivity index (χ3n) is 2.57. The highest BCUT2D eigenvalue weighted by molar-refractivity contribution is 5.73. The van der Waals surface area contributed by atoms with E-state index >= 15 is 0 Å². The van der Waals surface area contributed by atoms with Crippen LogP contribution in [0.5, 0.6) is 0 Å². The van der Waals surface area contributed by atoms with Crippen molar-refractivity contribution in [1.82, 2.24) is 16.0 Å². The molecule has 0 aromatic heterocycles. The van der Waals surface area contributed by atoms with E-state index in [-0.39, 0.29) is 12.4 Å². The van der Waals surface area contributed by atoms with Crippen LogP contribution in [0.25, 0.3) is 0 Å². The Morgan fingerprint density at radius 3 is 2.38 bits per heavy atom. The molecule has 0 amide bonds. The number of ether oxygens (including phenoxy) is 1. The van der Waals surface area contributed by atoms with Crippen LogP contribution in [0.2, 0.25) is 0 Å². The van der Waals surface area contributed by atoms with Gasteiger partial charge in [0.25, 0.3) is 0 Å². The maximum absolute atomic E-state index is 11.4. The SMILES string of the molecule is CNC(OC(=O)CCC=N)C(C)(NC)NC. The van der Waals surface area contributed by atoms with E-state index in [9.17, 15) is 4.79 Å². The fraction of sp³-hybridized carbons (Fsp3) is 0.800. The van der Waals surface area contributed by atoms with Crippen molar-refractivity contribution in [1.29, 1.82) is 5.41 Å². The van der Waals surface area contributed by atoms with Gasteiger partial charge >= 0.3 is 5.97 Å². The average molecular weight is 230 g/mol. The van der Waals surface area contributed by atoms with Crippen molar-refractivity contribution >= 4 is 12.2 Å². The van der Waals surface area contributed by atoms with Crippen LogP contribution in [0.4, 0.5) is 0 Å². The van der Waals surface area contributed by atoms with Gasteiger partial charge in [-0.05, 0) is 40.7 Å². The number of esters is 1. The zero-order chi connectivity index (χ0) is 12.6. The molecule has 0 aromatic carbocycles. The van der Waals surface area contributed by atoms with E-state index in [4.69, 9.17) is 10.1 Å². The first-order valence-corrected chi connectivity index (χ1v) is 5.27. The largest absolute Gasteiger partial charge is 0.443 e. The van der Waals surface area contributed by atoms with Crippen molar-refractivity contribution in [2.45, 2.75) is 31.7 Å². The van der Waals surface area contributed by atoms with E-state index in [1.165, 1.54) is 6.21 Å². The molecule has 0 radical (unpaired) electrons. The van der Waals surface area contributed by atoms with Crippen LogP contribution < -0.4 is 16.0 Å². The predicted octanol–water partition coefficient (Wildman–Crippen LogP) is -0.340. The highest BCUT2D eigenvalue weighted by Gasteiger charge is 2.32. The molecular formula is C10H22N4O2. The maximum Gasteiger partial charge on any atom is 0.307 e. The van der Waals surface area contributed by atoms with Gasteiger partial charge in [0.05, 0.1) is 6.42 Å². The Morgan fingerprint density at radius 1 is 1.44 bits per heavy atom. The second-order valence-electron chi connectivity index (χ2n) is 3.60. The smallest absolute Gasteiger partial charge is 0.307 e. The number of hydrogen-bond acceptors (Lipinski definition) is 6. The lowest BCUT2D eigenvalue weighted by Crippen LogP contribution is -2.65. The number of carbonyl (C=O) groups is 1. The van der Waals surface area contributed by atoms with Crippen LogP contribution in [0.3, 0.4) is 0 Å². The molecule has 0 aliphatic rings. The molecule has 4 N–H and O–H groups in total. The fourth-order valence-corrected chi connectivity index (χ4v) is 1.23. The van der Waals surface area contributed by atoms with Crippen molar-refractivity contribution < 1.29 is 9.53 Å². The number of rotatable bonds is 8. The van der Waals surface area contributed by atoms with Gasteiger partial charge in [0.2, 0.25) is 0 Å². The highest BCUT2D eigenvalue weighted by Crippen LogP contribution is 2.08. The molecule has 0 saturated heterocycles. The minimum atomic E-state index is -0.533. The van der Waals surface area contributed by atoms with Crippen LogP contribution in [0.1, 0.15) is 19.8 Å². The summed E-state index contributed by atoms with van der Waals surface area (Å²) in [7, 11) is 5.29. The van der Waals surface area contributed by atoms with Gasteiger partial charge in [-0.2, -0.15) is 0 Å². The molecule has 0 aliphatic carbocycles. The maximum atomic E-state index is 11.4. The third-order valence-corrected chi connectivity index (χ3v) is 2.57. The molecule has 0 aromatic rings. The molecule has 0 aliphatic heterocycles. The fourth-order valence-electron chi connectivity index (χ4n) is 1.23. The molecule has 6 nitrogen and oxygen atoms in total. The summed E-state index contributed by atoms with van der Waals surface area (Å²) in [5.74, 6) is -0.320. The van der Waals surface area contributed by atoms with Gasteiger partial charge in [0.15, 0.2) is 6.23 Å². The van der Waals surface area contributed by atoms with Crippen LogP contribution in [0.15, 0.2) is 0 Å². The molecule has 0 saturated carbocycles. The average Bonchev–Trinajstić information content (AvgIpc) is 2.32. The van der Waals surface area contributed by atoms with Crippen LogP contribution in [-0.2, 0) is 9.53 Å². The first kappa shape index (κ1) is 15.0. The van der Waals surface area contributed by atoms with Crippen molar-refractivity contribution in [3.8, 4) is 0 Å². The van der Waals surface area contributed by atoms with Crippen molar-refractivity contribution in [3.05, 3.63) is 0 Å². The lowest BCUT2D eigenvalue weighted by molar-refractivity contribution is -0.156. The minimum Gasteiger partial charge on any atom is -0.443 e. The molecule has 0 heterocycles. The Kier molecular flexibility index (Phi) is 6.87. The highest BCUT2D eigenvalue weighted by atomic mass is 16.6. The summed E-state index contributed by atoms with van der Waals surface area (Å²) in [6.45, 7) is 1.89. The van der Waals surface area contributed by atoms with Gasteiger partial charge in [0.1, 0.15) is 5.66 Å². The standard InChI is InChI=1S/C10H22N4O2/c1-10(13-3,14-4)9(12-2)16-8(15)6-5-7-11/h7,9,11-14H,5-6H2,1-4H3. The Hall–Kier alpha value is -0.980. The van der Waals surface area contributed by atoms with Gasteiger partial charge in [-0.25, -0.2) is 0 Å². The zero-order valence-corrected chi connectivity index (χ0v) is 10.4. The Balaban J connectivity index is 4.38. The van der Waals surface area contributed by atoms with Crippen LogP contribution in [0, 0.1) is 5.41 Å². The number of nitrogens with one attached hydrogen (secondary N) is 4. The summed E-state index contributed by atoms with van der Waals surface area (Å²) in [6, 6.07) is 0. The summed E-state index contributed by atoms with van der Waals surface area (Å²) >= 11 is 0. The first-order chi connectivity index (χ1) is 7.53.